The number of amides is 1. The van der Waals surface area contributed by atoms with Crippen LogP contribution in [0, 0.1) is 17.2 Å². The van der Waals surface area contributed by atoms with Crippen molar-refractivity contribution in [3.8, 4) is 6.07 Å². The minimum atomic E-state index is -1.54. The first-order chi connectivity index (χ1) is 9.57. The van der Waals surface area contributed by atoms with E-state index >= 15 is 0 Å². The molecule has 3 N–H and O–H groups in total. The Bertz CT molecular complexity index is 638. The fourth-order valence-corrected chi connectivity index (χ4v) is 2.18. The van der Waals surface area contributed by atoms with E-state index in [0.29, 0.717) is 5.57 Å². The van der Waals surface area contributed by atoms with Crippen molar-refractivity contribution in [3.63, 3.8) is 0 Å². The number of nitrogens with two attached hydrogens (primary N) is 1. The zero-order chi connectivity index (χ0) is 14.6. The Hall–Kier alpha value is -2.64. The van der Waals surface area contributed by atoms with E-state index in [9.17, 15) is 15.2 Å². The van der Waals surface area contributed by atoms with Gasteiger partial charge in [-0.15, -0.1) is 0 Å². The number of nitrogens with zero attached hydrogens (tertiary/aromatic N) is 1. The number of carbonyl (C=O) groups excluding carboxylic acids is 1. The van der Waals surface area contributed by atoms with Crippen LogP contribution < -0.4 is 5.73 Å². The largest absolute Gasteiger partial charge is 0.380 e. The Labute approximate surface area is 117 Å². The topological polar surface area (TPSA) is 87.1 Å². The lowest BCUT2D eigenvalue weighted by Crippen LogP contribution is -2.35. The molecule has 0 bridgehead atoms. The van der Waals surface area contributed by atoms with Crippen molar-refractivity contribution in [1.82, 2.24) is 0 Å². The van der Waals surface area contributed by atoms with Gasteiger partial charge in [-0.05, 0) is 23.3 Å². The van der Waals surface area contributed by atoms with Gasteiger partial charge in [0.1, 0.15) is 11.5 Å². The Morgan fingerprint density at radius 2 is 2.10 bits per heavy atom. The van der Waals surface area contributed by atoms with E-state index in [-0.39, 0.29) is 0 Å². The summed E-state index contributed by atoms with van der Waals surface area (Å²) in [6.45, 7) is 0. The first-order valence-electron chi connectivity index (χ1n) is 6.12. The molecule has 0 fully saturated rings. The number of primary amides is 1. The average Bonchev–Trinajstić information content (AvgIpc) is 2.46. The van der Waals surface area contributed by atoms with Gasteiger partial charge in [0.2, 0.25) is 5.91 Å². The molecule has 1 aliphatic rings. The monoisotopic (exact) mass is 266 g/mol. The SMILES string of the molecule is N#CC1C(c2ccccc2)=CC=CC1(O)C=CC(N)=O. The van der Waals surface area contributed by atoms with E-state index in [2.05, 4.69) is 6.07 Å². The third kappa shape index (κ3) is 2.68. The molecule has 0 heterocycles. The van der Waals surface area contributed by atoms with Crippen molar-refractivity contribution in [3.05, 3.63) is 66.3 Å². The predicted octanol–water partition coefficient (Wildman–Crippen LogP) is 1.55. The first kappa shape index (κ1) is 13.8. The molecular weight excluding hydrogens is 252 g/mol. The molecule has 4 heteroatoms. The second kappa shape index (κ2) is 5.55. The molecule has 0 saturated carbocycles. The number of nitriles is 1. The van der Waals surface area contributed by atoms with Gasteiger partial charge in [-0.1, -0.05) is 42.5 Å². The minimum Gasteiger partial charge on any atom is -0.380 e. The van der Waals surface area contributed by atoms with Crippen LogP contribution in [0.15, 0.2) is 60.7 Å². The quantitative estimate of drug-likeness (QED) is 0.814. The second-order valence-corrected chi connectivity index (χ2v) is 4.53. The van der Waals surface area contributed by atoms with Crippen molar-refractivity contribution in [1.29, 1.82) is 5.26 Å². The zero-order valence-corrected chi connectivity index (χ0v) is 10.7. The first-order valence-corrected chi connectivity index (χ1v) is 6.12. The lowest BCUT2D eigenvalue weighted by Gasteiger charge is -2.30. The van der Waals surface area contributed by atoms with Crippen LogP contribution in [0.25, 0.3) is 5.57 Å². The Balaban J connectivity index is 2.42. The van der Waals surface area contributed by atoms with E-state index in [4.69, 9.17) is 5.73 Å². The summed E-state index contributed by atoms with van der Waals surface area (Å²) in [7, 11) is 0. The molecular formula is C16H14N2O2. The van der Waals surface area contributed by atoms with Crippen molar-refractivity contribution in [2.75, 3.05) is 0 Å². The highest BCUT2D eigenvalue weighted by Crippen LogP contribution is 2.36. The highest BCUT2D eigenvalue weighted by molar-refractivity contribution is 5.86. The predicted molar refractivity (Wildman–Crippen MR) is 75.9 cm³/mol. The summed E-state index contributed by atoms with van der Waals surface area (Å²) in [5.41, 5.74) is 5.06. The molecule has 2 unspecified atom stereocenters. The number of hydrogen-bond acceptors (Lipinski definition) is 3. The van der Waals surface area contributed by atoms with Gasteiger partial charge in [-0.2, -0.15) is 5.26 Å². The molecule has 1 amide bonds. The molecule has 0 radical (unpaired) electrons. The lowest BCUT2D eigenvalue weighted by molar-refractivity contribution is -0.113. The number of allylic oxidation sites excluding steroid dienone is 2. The maximum atomic E-state index is 10.8. The normalized spacial score (nSPS) is 25.2. The van der Waals surface area contributed by atoms with E-state index in [0.717, 1.165) is 11.6 Å². The van der Waals surface area contributed by atoms with Crippen molar-refractivity contribution in [2.45, 2.75) is 5.60 Å². The van der Waals surface area contributed by atoms with Crippen molar-refractivity contribution >= 4 is 11.5 Å². The van der Waals surface area contributed by atoms with Crippen LogP contribution in [0.5, 0.6) is 0 Å². The fraction of sp³-hybridized carbons (Fsp3) is 0.125. The van der Waals surface area contributed by atoms with Gasteiger partial charge in [0.05, 0.1) is 6.07 Å². The number of benzene rings is 1. The van der Waals surface area contributed by atoms with Crippen LogP contribution in [0.3, 0.4) is 0 Å². The number of hydrogen-bond donors (Lipinski definition) is 2. The maximum absolute atomic E-state index is 10.8. The fourth-order valence-electron chi connectivity index (χ4n) is 2.18. The van der Waals surface area contributed by atoms with Gasteiger partial charge in [0, 0.05) is 6.08 Å². The van der Waals surface area contributed by atoms with Gasteiger partial charge in [0.15, 0.2) is 0 Å². The van der Waals surface area contributed by atoms with Gasteiger partial charge < -0.3 is 10.8 Å². The molecule has 100 valence electrons. The molecule has 2 rings (SSSR count). The number of aliphatic hydroxyl groups is 1. The second-order valence-electron chi connectivity index (χ2n) is 4.53. The molecule has 0 aromatic heterocycles. The summed E-state index contributed by atoms with van der Waals surface area (Å²) in [6.07, 6.45) is 7.27. The molecule has 0 saturated heterocycles. The van der Waals surface area contributed by atoms with Gasteiger partial charge >= 0.3 is 0 Å². The summed E-state index contributed by atoms with van der Waals surface area (Å²) >= 11 is 0. The molecule has 0 spiro atoms. The molecule has 20 heavy (non-hydrogen) atoms. The summed E-state index contributed by atoms with van der Waals surface area (Å²) in [4.78, 5) is 10.8. The Morgan fingerprint density at radius 3 is 2.70 bits per heavy atom. The maximum Gasteiger partial charge on any atom is 0.241 e. The number of rotatable bonds is 3. The van der Waals surface area contributed by atoms with Gasteiger partial charge in [0.25, 0.3) is 0 Å². The van der Waals surface area contributed by atoms with E-state index < -0.39 is 17.4 Å². The van der Waals surface area contributed by atoms with Gasteiger partial charge in [-0.3, -0.25) is 4.79 Å². The third-order valence-corrected chi connectivity index (χ3v) is 3.16. The van der Waals surface area contributed by atoms with Crippen molar-refractivity contribution < 1.29 is 9.90 Å². The highest BCUT2D eigenvalue weighted by atomic mass is 16.3. The van der Waals surface area contributed by atoms with E-state index in [1.54, 1.807) is 12.2 Å². The van der Waals surface area contributed by atoms with Crippen molar-refractivity contribution in [2.24, 2.45) is 11.7 Å². The van der Waals surface area contributed by atoms with Crippen LogP contribution in [0.1, 0.15) is 5.56 Å². The molecule has 2 atom stereocenters. The summed E-state index contributed by atoms with van der Waals surface area (Å²) in [5, 5.41) is 20.0. The minimum absolute atomic E-state index is 0.667. The zero-order valence-electron chi connectivity index (χ0n) is 10.7. The molecule has 0 aliphatic heterocycles. The van der Waals surface area contributed by atoms with Crippen LogP contribution in [0.4, 0.5) is 0 Å². The van der Waals surface area contributed by atoms with Crippen LogP contribution in [0.2, 0.25) is 0 Å². The Morgan fingerprint density at radius 1 is 1.40 bits per heavy atom. The Kier molecular flexibility index (Phi) is 3.83. The molecule has 4 nitrogen and oxygen atoms in total. The highest BCUT2D eigenvalue weighted by Gasteiger charge is 2.37. The van der Waals surface area contributed by atoms with Crippen LogP contribution in [-0.2, 0) is 4.79 Å². The smallest absolute Gasteiger partial charge is 0.241 e. The lowest BCUT2D eigenvalue weighted by atomic mass is 9.76. The third-order valence-electron chi connectivity index (χ3n) is 3.16. The van der Waals surface area contributed by atoms with Gasteiger partial charge in [-0.25, -0.2) is 0 Å². The number of carbonyl (C=O) groups is 1. The van der Waals surface area contributed by atoms with E-state index in [1.807, 2.05) is 30.3 Å². The molecule has 1 aromatic rings. The summed E-state index contributed by atoms with van der Waals surface area (Å²) in [5.74, 6) is -1.47. The van der Waals surface area contributed by atoms with E-state index in [1.165, 1.54) is 12.2 Å². The molecule has 1 aliphatic carbocycles. The molecule has 1 aromatic carbocycles. The summed E-state index contributed by atoms with van der Waals surface area (Å²) in [6, 6.07) is 11.4. The standard InChI is InChI=1S/C16H14N2O2/c17-11-14-13(12-5-2-1-3-6-12)7-4-9-16(14,20)10-8-15(18)19/h1-10,14,20H,(H2,18,19). The summed E-state index contributed by atoms with van der Waals surface area (Å²) < 4.78 is 0. The van der Waals surface area contributed by atoms with Crippen LogP contribution in [-0.4, -0.2) is 16.6 Å². The average molecular weight is 266 g/mol. The van der Waals surface area contributed by atoms with Crippen LogP contribution >= 0.6 is 0 Å².